The third-order valence-corrected chi connectivity index (χ3v) is 0.950. The van der Waals surface area contributed by atoms with Crippen molar-refractivity contribution in [2.75, 3.05) is 0 Å². The summed E-state index contributed by atoms with van der Waals surface area (Å²) in [5, 5.41) is 8.65. The van der Waals surface area contributed by atoms with Crippen molar-refractivity contribution < 1.29 is 7.96 Å². The van der Waals surface area contributed by atoms with Gasteiger partial charge in [-0.1, -0.05) is 0 Å². The average Bonchev–Trinajstić information content (AvgIpc) is 1.59. The van der Waals surface area contributed by atoms with Crippen LogP contribution >= 0.6 is 12.2 Å². The molecule has 0 aliphatic carbocycles. The lowest BCUT2D eigenvalue weighted by molar-refractivity contribution is 0.450. The number of H-pyrrole nitrogens is 2. The van der Waals surface area contributed by atoms with Gasteiger partial charge in [-0.05, 0) is 12.2 Å². The maximum Gasteiger partial charge on any atom is 0.255 e. The van der Waals surface area contributed by atoms with Crippen LogP contribution in [0.4, 0.5) is 0 Å². The van der Waals surface area contributed by atoms with E-state index < -0.39 is 5.56 Å². The van der Waals surface area contributed by atoms with E-state index in [0.29, 0.717) is 0 Å². The molecule has 0 atom stereocenters. The number of aromatic nitrogens is 2. The molecule has 5 heteroatoms. The number of aromatic amines is 2. The Morgan fingerprint density at radius 1 is 1.67 bits per heavy atom. The van der Waals surface area contributed by atoms with Gasteiger partial charge in [-0.15, -0.1) is 0 Å². The lowest BCUT2D eigenvalue weighted by Crippen LogP contribution is -2.03. The van der Waals surface area contributed by atoms with Gasteiger partial charge >= 0.3 is 0 Å². The third kappa shape index (κ3) is 1.39. The second-order valence-corrected chi connectivity index (χ2v) is 1.88. The lowest BCUT2D eigenvalue weighted by Gasteiger charge is -1.86. The molecule has 3 N–H and O–H groups in total. The first kappa shape index (κ1) is 6.03. The number of nitrogens with one attached hydrogen (secondary N) is 2. The smallest absolute Gasteiger partial charge is 0.255 e. The van der Waals surface area contributed by atoms with Crippen molar-refractivity contribution in [2.45, 2.75) is 0 Å². The molecule has 0 fully saturated rings. The van der Waals surface area contributed by atoms with Crippen LogP contribution in [0.5, 0.6) is 5.88 Å². The average molecular weight is 148 g/mol. The second kappa shape index (κ2) is 2.02. The fourth-order valence-electron chi connectivity index (χ4n) is 0.456. The molecule has 0 aliphatic rings. The van der Waals surface area contributed by atoms with E-state index in [-0.39, 0.29) is 13.5 Å². The zero-order valence-electron chi connectivity index (χ0n) is 4.34. The Labute approximate surface area is 58.2 Å². The number of rotatable bonds is 0. The Morgan fingerprint density at radius 2 is 2.33 bits per heavy atom. The quantitative estimate of drug-likeness (QED) is 0.473. The molecule has 0 amide bonds. The van der Waals surface area contributed by atoms with E-state index in [2.05, 4.69) is 22.2 Å². The predicted octanol–water partition coefficient (Wildman–Crippen LogP) is 0.630. The maximum absolute atomic E-state index is 10.4. The van der Waals surface area contributed by atoms with Crippen LogP contribution in [-0.2, 0) is 0 Å². The summed E-state index contributed by atoms with van der Waals surface area (Å²) in [6, 6.07) is 1.01. The highest BCUT2D eigenvalue weighted by Gasteiger charge is 1.86. The van der Waals surface area contributed by atoms with Crippen molar-refractivity contribution >= 4 is 12.2 Å². The molecule has 0 radical (unpaired) electrons. The highest BCUT2D eigenvalue weighted by Crippen LogP contribution is 1.92. The van der Waals surface area contributed by atoms with Crippen LogP contribution in [0.2, 0.25) is 0 Å². The van der Waals surface area contributed by atoms with Crippen LogP contribution in [0.15, 0.2) is 10.9 Å². The zero-order chi connectivity index (χ0) is 6.85. The fourth-order valence-corrected chi connectivity index (χ4v) is 0.661. The monoisotopic (exact) mass is 148 g/mol. The highest BCUT2D eigenvalue weighted by molar-refractivity contribution is 7.71. The minimum Gasteiger partial charge on any atom is -0.494 e. The van der Waals surface area contributed by atoms with Gasteiger partial charge in [0.25, 0.3) is 5.56 Å². The van der Waals surface area contributed by atoms with Gasteiger partial charge in [0.2, 0.25) is 0 Å². The summed E-state index contributed by atoms with van der Waals surface area (Å²) in [4.78, 5) is 15.0. The second-order valence-electron chi connectivity index (χ2n) is 1.47. The van der Waals surface area contributed by atoms with E-state index >= 15 is 0 Å². The molecule has 9 heavy (non-hydrogen) atoms. The topological polar surface area (TPSA) is 68.9 Å². The van der Waals surface area contributed by atoms with Crippen molar-refractivity contribution in [1.29, 1.82) is 0 Å². The predicted molar refractivity (Wildman–Crippen MR) is 38.1 cm³/mol. The van der Waals surface area contributed by atoms with E-state index in [4.69, 9.17) is 5.11 Å². The fraction of sp³-hybridized carbons (Fsp3) is 0. The minimum absolute atomic E-state index is 0. The summed E-state index contributed by atoms with van der Waals surface area (Å²) in [5.74, 6) is -0.219. The highest BCUT2D eigenvalue weighted by atomic mass is 32.1. The van der Waals surface area contributed by atoms with Crippen LogP contribution in [-0.4, -0.2) is 15.1 Å². The van der Waals surface area contributed by atoms with Gasteiger partial charge in [0.1, 0.15) is 0 Å². The molecule has 0 aromatic carbocycles. The first-order valence-corrected chi connectivity index (χ1v) is 2.62. The van der Waals surface area contributed by atoms with E-state index in [0.717, 1.165) is 6.07 Å². The molecule has 1 aromatic rings. The van der Waals surface area contributed by atoms with Crippen molar-refractivity contribution in [3.8, 4) is 5.88 Å². The van der Waals surface area contributed by atoms with Gasteiger partial charge in [0, 0.05) is 2.85 Å². The largest absolute Gasteiger partial charge is 0.494 e. The van der Waals surface area contributed by atoms with Gasteiger partial charge in [-0.2, -0.15) is 0 Å². The number of hydrogen-bond donors (Lipinski definition) is 3. The van der Waals surface area contributed by atoms with Crippen LogP contribution in [0.3, 0.4) is 0 Å². The molecule has 0 aliphatic heterocycles. The standard InChI is InChI=1S/C4H4N2O2S.2H2/c7-2-1-3(8)6-4(9)5-2;;/h1H,(H3,5,6,7,8,9);2*1H. The third-order valence-electron chi connectivity index (χ3n) is 0.746. The van der Waals surface area contributed by atoms with E-state index in [1.54, 1.807) is 0 Å². The summed E-state index contributed by atoms with van der Waals surface area (Å²) in [6.45, 7) is 0. The van der Waals surface area contributed by atoms with Gasteiger partial charge in [-0.3, -0.25) is 9.78 Å². The molecule has 0 saturated carbocycles. The van der Waals surface area contributed by atoms with Crippen LogP contribution in [0, 0.1) is 4.77 Å². The molecule has 52 valence electrons. The van der Waals surface area contributed by atoms with Crippen molar-refractivity contribution in [3.63, 3.8) is 0 Å². The molecule has 0 saturated heterocycles. The lowest BCUT2D eigenvalue weighted by atomic mass is 10.6. The molecule has 0 spiro atoms. The first-order chi connectivity index (χ1) is 4.18. The van der Waals surface area contributed by atoms with Gasteiger partial charge < -0.3 is 10.1 Å². The maximum atomic E-state index is 10.4. The van der Waals surface area contributed by atoms with E-state index in [9.17, 15) is 4.79 Å². The Hall–Kier alpha value is -1.10. The zero-order valence-corrected chi connectivity index (χ0v) is 5.16. The van der Waals surface area contributed by atoms with Crippen molar-refractivity contribution in [1.82, 2.24) is 9.97 Å². The van der Waals surface area contributed by atoms with Crippen LogP contribution in [0.1, 0.15) is 2.85 Å². The summed E-state index contributed by atoms with van der Waals surface area (Å²) >= 11 is 4.52. The molecule has 0 bridgehead atoms. The molecular weight excluding hydrogens is 140 g/mol. The van der Waals surface area contributed by atoms with Crippen molar-refractivity contribution in [3.05, 3.63) is 21.2 Å². The van der Waals surface area contributed by atoms with Gasteiger partial charge in [-0.25, -0.2) is 0 Å². The van der Waals surface area contributed by atoms with Crippen LogP contribution in [0.25, 0.3) is 0 Å². The molecular formula is C4H8N2O2S. The summed E-state index contributed by atoms with van der Waals surface area (Å²) in [6.07, 6.45) is 0. The Balaban J connectivity index is 0. The Kier molecular flexibility index (Phi) is 1.35. The summed E-state index contributed by atoms with van der Waals surface area (Å²) in [5.41, 5.74) is -0.406. The van der Waals surface area contributed by atoms with Gasteiger partial charge in [0.15, 0.2) is 10.7 Å². The SMILES string of the molecule is O=c1cc(O)[nH]c(=S)[nH]1.[HH].[HH]. The number of hydrogen-bond acceptors (Lipinski definition) is 3. The summed E-state index contributed by atoms with van der Waals surface area (Å²) in [7, 11) is 0. The summed E-state index contributed by atoms with van der Waals surface area (Å²) < 4.78 is 0.125. The molecule has 1 aromatic heterocycles. The normalized spacial score (nSPS) is 9.33. The first-order valence-electron chi connectivity index (χ1n) is 2.21. The van der Waals surface area contributed by atoms with Gasteiger partial charge in [0.05, 0.1) is 6.07 Å². The molecule has 1 heterocycles. The van der Waals surface area contributed by atoms with E-state index in [1.165, 1.54) is 0 Å². The minimum atomic E-state index is -0.406. The Morgan fingerprint density at radius 3 is 2.78 bits per heavy atom. The van der Waals surface area contributed by atoms with Crippen LogP contribution < -0.4 is 5.56 Å². The molecule has 0 unspecified atom stereocenters. The Bertz CT molecular complexity index is 292. The molecule has 4 nitrogen and oxygen atoms in total. The molecule has 1 rings (SSSR count). The van der Waals surface area contributed by atoms with Crippen molar-refractivity contribution in [2.24, 2.45) is 0 Å². The number of aromatic hydroxyl groups is 1. The van der Waals surface area contributed by atoms with E-state index in [1.807, 2.05) is 0 Å².